The van der Waals surface area contributed by atoms with Crippen molar-refractivity contribution in [3.05, 3.63) is 15.9 Å². The Morgan fingerprint density at radius 3 is 2.80 bits per heavy atom. The van der Waals surface area contributed by atoms with Gasteiger partial charge in [-0.25, -0.2) is 0 Å². The number of hydrogen-bond donors (Lipinski definition) is 1. The Hall–Kier alpha value is -0.390. The third kappa shape index (κ3) is 3.29. The summed E-state index contributed by atoms with van der Waals surface area (Å²) in [6.45, 7) is 4.05. The van der Waals surface area contributed by atoms with Gasteiger partial charge in [0.25, 0.3) is 0 Å². The third-order valence-corrected chi connectivity index (χ3v) is 3.15. The summed E-state index contributed by atoms with van der Waals surface area (Å²) in [5.74, 6) is 0. The van der Waals surface area contributed by atoms with Crippen molar-refractivity contribution < 1.29 is 4.74 Å². The topological polar surface area (TPSA) is 53.1 Å². The lowest BCUT2D eigenvalue weighted by Gasteiger charge is -2.04. The summed E-state index contributed by atoms with van der Waals surface area (Å²) in [6.07, 6.45) is 1.83. The summed E-state index contributed by atoms with van der Waals surface area (Å²) in [5.41, 5.74) is 7.55. The van der Waals surface area contributed by atoms with Gasteiger partial charge < -0.3 is 10.5 Å². The minimum Gasteiger partial charge on any atom is -0.375 e. The third-order valence-electron chi connectivity index (χ3n) is 2.23. The van der Waals surface area contributed by atoms with Gasteiger partial charge in [0, 0.05) is 13.7 Å². The molecule has 4 nitrogen and oxygen atoms in total. The van der Waals surface area contributed by atoms with Crippen LogP contribution in [0, 0.1) is 0 Å². The van der Waals surface area contributed by atoms with Crippen LogP contribution in [0.4, 0.5) is 0 Å². The standard InChI is InChI=1S/C10H18BrN3O/c1-3-8-10(11)9(14(2)13-8)7-15-6-4-5-12/h3-7,12H2,1-2H3. The first-order valence-electron chi connectivity index (χ1n) is 5.18. The van der Waals surface area contributed by atoms with Crippen LogP contribution >= 0.6 is 15.9 Å². The van der Waals surface area contributed by atoms with Gasteiger partial charge in [-0.3, -0.25) is 4.68 Å². The summed E-state index contributed by atoms with van der Waals surface area (Å²) < 4.78 is 8.44. The van der Waals surface area contributed by atoms with Crippen LogP contribution in [0.3, 0.4) is 0 Å². The van der Waals surface area contributed by atoms with E-state index in [-0.39, 0.29) is 0 Å². The van der Waals surface area contributed by atoms with E-state index in [1.165, 1.54) is 0 Å². The molecular formula is C10H18BrN3O. The van der Waals surface area contributed by atoms with Crippen LogP contribution in [-0.4, -0.2) is 22.9 Å². The number of nitrogens with zero attached hydrogens (tertiary/aromatic N) is 2. The molecule has 1 aromatic rings. The SMILES string of the molecule is CCc1nn(C)c(COCCCN)c1Br. The van der Waals surface area contributed by atoms with Crippen molar-refractivity contribution in [3.8, 4) is 0 Å². The van der Waals surface area contributed by atoms with Crippen LogP contribution in [0.2, 0.25) is 0 Å². The predicted molar refractivity (Wildman–Crippen MR) is 63.6 cm³/mol. The molecule has 0 saturated carbocycles. The van der Waals surface area contributed by atoms with Gasteiger partial charge >= 0.3 is 0 Å². The molecule has 1 heterocycles. The van der Waals surface area contributed by atoms with Gasteiger partial charge in [0.05, 0.1) is 22.5 Å². The van der Waals surface area contributed by atoms with Crippen molar-refractivity contribution in [1.29, 1.82) is 0 Å². The molecule has 15 heavy (non-hydrogen) atoms. The number of hydrogen-bond acceptors (Lipinski definition) is 3. The maximum atomic E-state index is 5.51. The quantitative estimate of drug-likeness (QED) is 0.803. The van der Waals surface area contributed by atoms with Crippen LogP contribution in [0.1, 0.15) is 24.7 Å². The molecule has 0 radical (unpaired) electrons. The number of aromatic nitrogens is 2. The largest absolute Gasteiger partial charge is 0.375 e. The summed E-state index contributed by atoms with van der Waals surface area (Å²) >= 11 is 3.54. The molecule has 1 rings (SSSR count). The molecule has 0 spiro atoms. The average Bonchev–Trinajstić information content (AvgIpc) is 2.50. The maximum Gasteiger partial charge on any atom is 0.0896 e. The Bertz CT molecular complexity index is 312. The normalized spacial score (nSPS) is 10.9. The van der Waals surface area contributed by atoms with Crippen molar-refractivity contribution in [2.45, 2.75) is 26.4 Å². The Labute approximate surface area is 98.9 Å². The average molecular weight is 276 g/mol. The minimum absolute atomic E-state index is 0.587. The van der Waals surface area contributed by atoms with E-state index in [1.807, 2.05) is 11.7 Å². The van der Waals surface area contributed by atoms with Gasteiger partial charge in [-0.1, -0.05) is 6.92 Å². The van der Waals surface area contributed by atoms with Gasteiger partial charge in [0.2, 0.25) is 0 Å². The zero-order chi connectivity index (χ0) is 11.3. The maximum absolute atomic E-state index is 5.51. The second-order valence-electron chi connectivity index (χ2n) is 3.38. The van der Waals surface area contributed by atoms with Gasteiger partial charge in [-0.15, -0.1) is 0 Å². The van der Waals surface area contributed by atoms with Crippen molar-refractivity contribution in [2.24, 2.45) is 12.8 Å². The van der Waals surface area contributed by atoms with E-state index >= 15 is 0 Å². The smallest absolute Gasteiger partial charge is 0.0896 e. The lowest BCUT2D eigenvalue weighted by atomic mass is 10.3. The van der Waals surface area contributed by atoms with Crippen molar-refractivity contribution in [3.63, 3.8) is 0 Å². The number of aryl methyl sites for hydroxylation is 2. The lowest BCUT2D eigenvalue weighted by molar-refractivity contribution is 0.114. The van der Waals surface area contributed by atoms with E-state index in [0.29, 0.717) is 19.8 Å². The van der Waals surface area contributed by atoms with Crippen LogP contribution in [-0.2, 0) is 24.8 Å². The van der Waals surface area contributed by atoms with Crippen LogP contribution in [0.5, 0.6) is 0 Å². The van der Waals surface area contributed by atoms with Gasteiger partial charge in [-0.2, -0.15) is 5.10 Å². The van der Waals surface area contributed by atoms with E-state index in [1.54, 1.807) is 0 Å². The molecule has 0 amide bonds. The fraction of sp³-hybridized carbons (Fsp3) is 0.700. The zero-order valence-electron chi connectivity index (χ0n) is 9.29. The summed E-state index contributed by atoms with van der Waals surface area (Å²) in [4.78, 5) is 0. The highest BCUT2D eigenvalue weighted by atomic mass is 79.9. The molecule has 2 N–H and O–H groups in total. The molecular weight excluding hydrogens is 258 g/mol. The zero-order valence-corrected chi connectivity index (χ0v) is 10.9. The summed E-state index contributed by atoms with van der Waals surface area (Å²) in [7, 11) is 1.94. The fourth-order valence-electron chi connectivity index (χ4n) is 1.33. The number of nitrogens with two attached hydrogens (primary N) is 1. The lowest BCUT2D eigenvalue weighted by Crippen LogP contribution is -2.06. The molecule has 0 aliphatic heterocycles. The van der Waals surface area contributed by atoms with Crippen LogP contribution < -0.4 is 5.73 Å². The Kier molecular flexibility index (Phi) is 5.28. The molecule has 0 atom stereocenters. The number of rotatable bonds is 6. The van der Waals surface area contributed by atoms with Crippen molar-refractivity contribution >= 4 is 15.9 Å². The van der Waals surface area contributed by atoms with Gasteiger partial charge in [0.15, 0.2) is 0 Å². The first-order valence-corrected chi connectivity index (χ1v) is 5.98. The van der Waals surface area contributed by atoms with Crippen LogP contribution in [0.15, 0.2) is 4.47 Å². The Morgan fingerprint density at radius 2 is 2.27 bits per heavy atom. The highest BCUT2D eigenvalue weighted by molar-refractivity contribution is 9.10. The number of ether oxygens (including phenoxy) is 1. The predicted octanol–water partition coefficient (Wildman–Crippen LogP) is 1.61. The van der Waals surface area contributed by atoms with Crippen molar-refractivity contribution in [2.75, 3.05) is 13.2 Å². The van der Waals surface area contributed by atoms with Gasteiger partial charge in [0.1, 0.15) is 0 Å². The monoisotopic (exact) mass is 275 g/mol. The Morgan fingerprint density at radius 1 is 1.53 bits per heavy atom. The molecule has 0 bridgehead atoms. The van der Waals surface area contributed by atoms with E-state index in [0.717, 1.165) is 28.7 Å². The highest BCUT2D eigenvalue weighted by Crippen LogP contribution is 2.22. The van der Waals surface area contributed by atoms with E-state index in [2.05, 4.69) is 28.0 Å². The Balaban J connectivity index is 2.56. The van der Waals surface area contributed by atoms with E-state index in [9.17, 15) is 0 Å². The fourth-order valence-corrected chi connectivity index (χ4v) is 2.06. The molecule has 0 saturated heterocycles. The first kappa shape index (κ1) is 12.7. The second kappa shape index (κ2) is 6.25. The molecule has 1 aromatic heterocycles. The molecule has 0 aliphatic rings. The number of halogens is 1. The van der Waals surface area contributed by atoms with Gasteiger partial charge in [-0.05, 0) is 35.3 Å². The molecule has 5 heteroatoms. The molecule has 0 aromatic carbocycles. The summed E-state index contributed by atoms with van der Waals surface area (Å²) in [5, 5.41) is 4.39. The second-order valence-corrected chi connectivity index (χ2v) is 4.17. The van der Waals surface area contributed by atoms with E-state index < -0.39 is 0 Å². The summed E-state index contributed by atoms with van der Waals surface area (Å²) in [6, 6.07) is 0. The van der Waals surface area contributed by atoms with Crippen molar-refractivity contribution in [1.82, 2.24) is 9.78 Å². The molecule has 0 unspecified atom stereocenters. The molecule has 0 fully saturated rings. The van der Waals surface area contributed by atoms with E-state index in [4.69, 9.17) is 10.5 Å². The first-order chi connectivity index (χ1) is 7.20. The molecule has 0 aliphatic carbocycles. The highest BCUT2D eigenvalue weighted by Gasteiger charge is 2.11. The van der Waals surface area contributed by atoms with Crippen LogP contribution in [0.25, 0.3) is 0 Å². The minimum atomic E-state index is 0.587. The molecule has 86 valence electrons.